The summed E-state index contributed by atoms with van der Waals surface area (Å²) in [7, 11) is 0. The second kappa shape index (κ2) is 3.33. The van der Waals surface area contributed by atoms with E-state index >= 15 is 0 Å². The summed E-state index contributed by atoms with van der Waals surface area (Å²) < 4.78 is 0. The molecule has 0 aliphatic heterocycles. The minimum absolute atomic E-state index is 0.587. The number of hydrogen-bond acceptors (Lipinski definition) is 1. The van der Waals surface area contributed by atoms with Gasteiger partial charge in [0.05, 0.1) is 5.69 Å². The minimum Gasteiger partial charge on any atom is -0.256 e. The predicted octanol–water partition coefficient (Wildman–Crippen LogP) is 3.16. The van der Waals surface area contributed by atoms with Gasteiger partial charge in [0, 0.05) is 6.20 Å². The molecule has 0 aromatic carbocycles. The quantitative estimate of drug-likeness (QED) is 0.635. The molecule has 0 fully saturated rings. The van der Waals surface area contributed by atoms with Crippen molar-refractivity contribution in [3.8, 4) is 0 Å². The molecule has 68 valence electrons. The third-order valence-corrected chi connectivity index (χ3v) is 2.55. The lowest BCUT2D eigenvalue weighted by Crippen LogP contribution is -2.00. The molecular formula is C12H15N. The minimum atomic E-state index is 0.587. The summed E-state index contributed by atoms with van der Waals surface area (Å²) in [4.78, 5) is 4.45. The molecule has 13 heavy (non-hydrogen) atoms. The van der Waals surface area contributed by atoms with Crippen molar-refractivity contribution < 1.29 is 0 Å². The molecule has 0 unspecified atom stereocenters. The maximum absolute atomic E-state index is 4.45. The maximum Gasteiger partial charge on any atom is 0.0658 e. The molecule has 1 heterocycles. The van der Waals surface area contributed by atoms with Gasteiger partial charge in [0.1, 0.15) is 0 Å². The lowest BCUT2D eigenvalue weighted by atomic mass is 9.97. The third-order valence-electron chi connectivity index (χ3n) is 2.55. The zero-order valence-corrected chi connectivity index (χ0v) is 8.25. The van der Waals surface area contributed by atoms with Crippen molar-refractivity contribution in [2.45, 2.75) is 32.6 Å². The van der Waals surface area contributed by atoms with Crippen LogP contribution in [-0.2, 0) is 6.42 Å². The molecule has 0 spiro atoms. The summed E-state index contributed by atoms with van der Waals surface area (Å²) in [6, 6.07) is 2.30. The van der Waals surface area contributed by atoms with E-state index in [1.54, 1.807) is 0 Å². The normalized spacial score (nSPS) is 14.7. The maximum atomic E-state index is 4.45. The van der Waals surface area contributed by atoms with Crippen LogP contribution in [0.15, 0.2) is 18.3 Å². The molecule has 2 rings (SSSR count). The van der Waals surface area contributed by atoms with Gasteiger partial charge in [-0.1, -0.05) is 26.0 Å². The lowest BCUT2D eigenvalue weighted by Gasteiger charge is -2.12. The van der Waals surface area contributed by atoms with Crippen LogP contribution in [0, 0.1) is 0 Å². The van der Waals surface area contributed by atoms with E-state index < -0.39 is 0 Å². The Hall–Kier alpha value is -1.11. The van der Waals surface area contributed by atoms with Crippen LogP contribution in [0.25, 0.3) is 6.08 Å². The van der Waals surface area contributed by atoms with Crippen molar-refractivity contribution in [1.82, 2.24) is 4.98 Å². The van der Waals surface area contributed by atoms with Crippen molar-refractivity contribution in [1.29, 1.82) is 0 Å². The third kappa shape index (κ3) is 1.64. The molecule has 0 N–H and O–H groups in total. The zero-order valence-electron chi connectivity index (χ0n) is 8.25. The SMILES string of the molecule is CC(C)c1cnc2c(c1)CCC=C2. The summed E-state index contributed by atoms with van der Waals surface area (Å²) >= 11 is 0. The Morgan fingerprint density at radius 2 is 2.23 bits per heavy atom. The Morgan fingerprint density at radius 3 is 3.00 bits per heavy atom. The Morgan fingerprint density at radius 1 is 1.38 bits per heavy atom. The van der Waals surface area contributed by atoms with Crippen LogP contribution in [0.3, 0.4) is 0 Å². The first kappa shape index (κ1) is 8.49. The second-order valence-corrected chi connectivity index (χ2v) is 3.91. The van der Waals surface area contributed by atoms with Gasteiger partial charge in [-0.2, -0.15) is 0 Å². The van der Waals surface area contributed by atoms with Crippen molar-refractivity contribution in [2.75, 3.05) is 0 Å². The molecule has 1 heteroatoms. The van der Waals surface area contributed by atoms with E-state index in [0.717, 1.165) is 18.5 Å². The van der Waals surface area contributed by atoms with Crippen molar-refractivity contribution in [3.05, 3.63) is 35.2 Å². The summed E-state index contributed by atoms with van der Waals surface area (Å²) in [6.45, 7) is 4.42. The van der Waals surface area contributed by atoms with E-state index in [1.807, 2.05) is 6.20 Å². The number of aryl methyl sites for hydroxylation is 1. The van der Waals surface area contributed by atoms with Crippen LogP contribution in [-0.4, -0.2) is 4.98 Å². The summed E-state index contributed by atoms with van der Waals surface area (Å²) in [5, 5.41) is 0. The van der Waals surface area contributed by atoms with Gasteiger partial charge in [0.15, 0.2) is 0 Å². The molecule has 0 saturated heterocycles. The molecule has 1 aromatic heterocycles. The van der Waals surface area contributed by atoms with Crippen LogP contribution in [0.5, 0.6) is 0 Å². The molecule has 0 atom stereocenters. The molecule has 1 nitrogen and oxygen atoms in total. The van der Waals surface area contributed by atoms with Gasteiger partial charge in [0.2, 0.25) is 0 Å². The molecule has 0 bridgehead atoms. The standard InChI is InChI=1S/C12H15N/c1-9(2)11-7-10-5-3-4-6-12(10)13-8-11/h4,6-9H,3,5H2,1-2H3. The summed E-state index contributed by atoms with van der Waals surface area (Å²) in [5.74, 6) is 0.587. The summed E-state index contributed by atoms with van der Waals surface area (Å²) in [6.07, 6.45) is 8.64. The Kier molecular flexibility index (Phi) is 2.17. The topological polar surface area (TPSA) is 12.9 Å². The fourth-order valence-corrected chi connectivity index (χ4v) is 1.64. The van der Waals surface area contributed by atoms with E-state index in [2.05, 4.69) is 37.0 Å². The highest BCUT2D eigenvalue weighted by molar-refractivity contribution is 5.52. The van der Waals surface area contributed by atoms with Gasteiger partial charge in [-0.15, -0.1) is 0 Å². The lowest BCUT2D eigenvalue weighted by molar-refractivity contribution is 0.844. The van der Waals surface area contributed by atoms with Crippen molar-refractivity contribution in [2.24, 2.45) is 0 Å². The predicted molar refractivity (Wildman–Crippen MR) is 55.7 cm³/mol. The average Bonchev–Trinajstić information content (AvgIpc) is 2.17. The fourth-order valence-electron chi connectivity index (χ4n) is 1.64. The Bertz CT molecular complexity index is 337. The highest BCUT2D eigenvalue weighted by atomic mass is 14.7. The van der Waals surface area contributed by atoms with Crippen LogP contribution in [0.4, 0.5) is 0 Å². The van der Waals surface area contributed by atoms with Crippen molar-refractivity contribution >= 4 is 6.08 Å². The van der Waals surface area contributed by atoms with Gasteiger partial charge >= 0.3 is 0 Å². The largest absolute Gasteiger partial charge is 0.256 e. The highest BCUT2D eigenvalue weighted by Gasteiger charge is 2.07. The van der Waals surface area contributed by atoms with E-state index in [1.165, 1.54) is 11.1 Å². The smallest absolute Gasteiger partial charge is 0.0658 e. The first-order valence-corrected chi connectivity index (χ1v) is 4.93. The molecule has 1 aromatic rings. The Balaban J connectivity index is 2.42. The van der Waals surface area contributed by atoms with Crippen LogP contribution >= 0.6 is 0 Å². The zero-order chi connectivity index (χ0) is 9.26. The number of allylic oxidation sites excluding steroid dienone is 1. The number of aromatic nitrogens is 1. The average molecular weight is 173 g/mol. The van der Waals surface area contributed by atoms with Gasteiger partial charge in [-0.05, 0) is 36.0 Å². The molecule has 0 radical (unpaired) electrons. The van der Waals surface area contributed by atoms with E-state index in [-0.39, 0.29) is 0 Å². The molecule has 0 saturated carbocycles. The van der Waals surface area contributed by atoms with E-state index in [4.69, 9.17) is 0 Å². The van der Waals surface area contributed by atoms with Gasteiger partial charge in [-0.3, -0.25) is 4.98 Å². The Labute approximate surface area is 79.5 Å². The number of rotatable bonds is 1. The number of pyridine rings is 1. The first-order chi connectivity index (χ1) is 6.27. The molecular weight excluding hydrogens is 158 g/mol. The molecule has 1 aliphatic rings. The fraction of sp³-hybridized carbons (Fsp3) is 0.417. The highest BCUT2D eigenvalue weighted by Crippen LogP contribution is 2.21. The van der Waals surface area contributed by atoms with Crippen molar-refractivity contribution in [3.63, 3.8) is 0 Å². The molecule has 0 amide bonds. The van der Waals surface area contributed by atoms with Gasteiger partial charge in [0.25, 0.3) is 0 Å². The second-order valence-electron chi connectivity index (χ2n) is 3.91. The van der Waals surface area contributed by atoms with E-state index in [0.29, 0.717) is 5.92 Å². The summed E-state index contributed by atoms with van der Waals surface area (Å²) in [5.41, 5.74) is 3.93. The van der Waals surface area contributed by atoms with Crippen LogP contribution in [0.1, 0.15) is 43.0 Å². The van der Waals surface area contributed by atoms with Gasteiger partial charge in [-0.25, -0.2) is 0 Å². The number of hydrogen-bond donors (Lipinski definition) is 0. The van der Waals surface area contributed by atoms with E-state index in [9.17, 15) is 0 Å². The number of fused-ring (bicyclic) bond motifs is 1. The molecule has 1 aliphatic carbocycles. The number of nitrogens with zero attached hydrogens (tertiary/aromatic N) is 1. The monoisotopic (exact) mass is 173 g/mol. The van der Waals surface area contributed by atoms with Crippen LogP contribution in [0.2, 0.25) is 0 Å². The van der Waals surface area contributed by atoms with Crippen LogP contribution < -0.4 is 0 Å². The first-order valence-electron chi connectivity index (χ1n) is 4.93. The van der Waals surface area contributed by atoms with Gasteiger partial charge < -0.3 is 0 Å².